The van der Waals surface area contributed by atoms with E-state index in [-0.39, 0.29) is 23.5 Å². The molecule has 10 heteroatoms. The average Bonchev–Trinajstić information content (AvgIpc) is 3.33. The van der Waals surface area contributed by atoms with Crippen molar-refractivity contribution in [3.63, 3.8) is 0 Å². The number of ether oxygens (including phenoxy) is 1. The van der Waals surface area contributed by atoms with Crippen LogP contribution in [0, 0.1) is 5.82 Å². The molecule has 1 atom stereocenters. The highest BCUT2D eigenvalue weighted by Crippen LogP contribution is 2.47. The number of nitrogens with zero attached hydrogens (tertiary/aromatic N) is 2. The number of fused-ring (bicyclic) bond motifs is 2. The van der Waals surface area contributed by atoms with Crippen molar-refractivity contribution >= 4 is 23.2 Å². The largest absolute Gasteiger partial charge is 0.451 e. The number of esters is 1. The summed E-state index contributed by atoms with van der Waals surface area (Å²) in [4.78, 5) is 12.3. The van der Waals surface area contributed by atoms with Crippen LogP contribution in [0.2, 0.25) is 0 Å². The van der Waals surface area contributed by atoms with Gasteiger partial charge in [0.25, 0.3) is 0 Å². The van der Waals surface area contributed by atoms with E-state index in [4.69, 9.17) is 10.5 Å². The summed E-state index contributed by atoms with van der Waals surface area (Å²) in [5.74, 6) is -0.791. The number of benzene rings is 2. The van der Waals surface area contributed by atoms with Crippen LogP contribution in [-0.2, 0) is 10.3 Å². The van der Waals surface area contributed by atoms with Crippen molar-refractivity contribution in [1.82, 2.24) is 10.3 Å². The van der Waals surface area contributed by atoms with Crippen molar-refractivity contribution < 1.29 is 23.7 Å². The van der Waals surface area contributed by atoms with E-state index in [0.717, 1.165) is 18.4 Å². The molecule has 0 amide bonds. The maximum Gasteiger partial charge on any atom is 0.339 e. The Labute approximate surface area is 182 Å². The normalized spacial score (nSPS) is 22.9. The zero-order chi connectivity index (χ0) is 22.3. The molecule has 1 aromatic heterocycles. The Morgan fingerprint density at radius 3 is 2.69 bits per heavy atom. The molecule has 3 aromatic rings. The van der Waals surface area contributed by atoms with Gasteiger partial charge < -0.3 is 26.2 Å². The van der Waals surface area contributed by atoms with E-state index >= 15 is 0 Å². The molecule has 0 bridgehead atoms. The highest BCUT2D eigenvalue weighted by atomic mass is 19.1. The van der Waals surface area contributed by atoms with Crippen molar-refractivity contribution in [2.45, 2.75) is 43.6 Å². The number of aliphatic hydroxyl groups is 1. The quantitative estimate of drug-likeness (QED) is 0.349. The third-order valence-corrected chi connectivity index (χ3v) is 6.15. The minimum absolute atomic E-state index is 0.0153. The average molecular weight is 439 g/mol. The van der Waals surface area contributed by atoms with E-state index < -0.39 is 17.6 Å². The molecule has 32 heavy (non-hydrogen) atoms. The van der Waals surface area contributed by atoms with Crippen LogP contribution in [0.3, 0.4) is 0 Å². The Hall–Kier alpha value is -3.66. The van der Waals surface area contributed by atoms with Crippen LogP contribution in [0.4, 0.5) is 21.6 Å². The van der Waals surface area contributed by atoms with Crippen LogP contribution < -0.4 is 16.4 Å². The van der Waals surface area contributed by atoms with Gasteiger partial charge in [-0.2, -0.15) is 0 Å². The molecule has 2 heterocycles. The molecule has 2 aromatic carbocycles. The van der Waals surface area contributed by atoms with Gasteiger partial charge >= 0.3 is 5.97 Å². The summed E-state index contributed by atoms with van der Waals surface area (Å²) in [6.07, 6.45) is 1.54. The maximum atomic E-state index is 13.9. The molecular weight excluding hydrogens is 417 g/mol. The molecule has 1 unspecified atom stereocenters. The second-order valence-corrected chi connectivity index (χ2v) is 8.12. The molecule has 2 aliphatic rings. The number of halogens is 1. The summed E-state index contributed by atoms with van der Waals surface area (Å²) in [7, 11) is 0. The molecule has 1 spiro atoms. The van der Waals surface area contributed by atoms with Crippen LogP contribution in [0.25, 0.3) is 0 Å². The van der Waals surface area contributed by atoms with Gasteiger partial charge in [-0.25, -0.2) is 13.8 Å². The second kappa shape index (κ2) is 7.79. The van der Waals surface area contributed by atoms with Crippen molar-refractivity contribution in [1.29, 1.82) is 0 Å². The Kier molecular flexibility index (Phi) is 4.93. The van der Waals surface area contributed by atoms with E-state index in [1.807, 2.05) is 18.2 Å². The first-order chi connectivity index (χ1) is 15.4. The Morgan fingerprint density at radius 2 is 1.94 bits per heavy atom. The molecule has 0 radical (unpaired) electrons. The minimum Gasteiger partial charge on any atom is -0.451 e. The third kappa shape index (κ3) is 3.52. The van der Waals surface area contributed by atoms with Gasteiger partial charge in [-0.05, 0) is 60.3 Å². The third-order valence-electron chi connectivity index (χ3n) is 6.15. The van der Waals surface area contributed by atoms with Gasteiger partial charge in [0.05, 0.1) is 16.9 Å². The number of carbonyl (C=O) groups is 1. The zero-order valence-corrected chi connectivity index (χ0v) is 17.0. The lowest BCUT2D eigenvalue weighted by Crippen LogP contribution is -2.36. The molecule has 1 aliphatic heterocycles. The number of nitrogen functional groups attached to an aromatic ring is 1. The number of hydrogen-bond acceptors (Lipinski definition) is 9. The van der Waals surface area contributed by atoms with Gasteiger partial charge in [-0.15, -0.1) is 0 Å². The molecular formula is C22H22FN5O4. The molecule has 5 rings (SSSR count). The first kappa shape index (κ1) is 20.3. The van der Waals surface area contributed by atoms with Gasteiger partial charge in [0, 0.05) is 11.6 Å². The van der Waals surface area contributed by atoms with E-state index in [1.165, 1.54) is 12.1 Å². The maximum absolute atomic E-state index is 13.9. The fraction of sp³-hybridized carbons (Fsp3) is 0.318. The Morgan fingerprint density at radius 1 is 1.16 bits per heavy atom. The lowest BCUT2D eigenvalue weighted by Gasteiger charge is -2.37. The van der Waals surface area contributed by atoms with Crippen molar-refractivity contribution in [3.8, 4) is 0 Å². The summed E-state index contributed by atoms with van der Waals surface area (Å²) in [5.41, 5.74) is 7.61. The number of rotatable bonds is 5. The number of carbonyl (C=O) groups excluding carboxylic acids is 1. The first-order valence-corrected chi connectivity index (χ1v) is 10.4. The number of nitrogens with two attached hydrogens (primary N) is 1. The highest BCUT2D eigenvalue weighted by Gasteiger charge is 2.47. The van der Waals surface area contributed by atoms with E-state index in [2.05, 4.69) is 25.6 Å². The number of anilines is 3. The summed E-state index contributed by atoms with van der Waals surface area (Å²) in [5, 5.41) is 23.6. The van der Waals surface area contributed by atoms with Crippen LogP contribution in [0.5, 0.6) is 0 Å². The van der Waals surface area contributed by atoms with Gasteiger partial charge in [0.2, 0.25) is 0 Å². The van der Waals surface area contributed by atoms with Crippen LogP contribution in [0.15, 0.2) is 47.1 Å². The second-order valence-electron chi connectivity index (χ2n) is 8.12. The number of hydrogen-bond donors (Lipinski definition) is 4. The van der Waals surface area contributed by atoms with Crippen molar-refractivity contribution in [2.24, 2.45) is 0 Å². The number of aromatic nitrogens is 2. The molecule has 0 saturated heterocycles. The van der Waals surface area contributed by atoms with E-state index in [9.17, 15) is 14.3 Å². The Balaban J connectivity index is 1.30. The highest BCUT2D eigenvalue weighted by molar-refractivity contribution is 5.94. The molecule has 166 valence electrons. The molecule has 9 nitrogen and oxygen atoms in total. The lowest BCUT2D eigenvalue weighted by molar-refractivity contribution is -0.0295. The Bertz CT molecular complexity index is 1160. The SMILES string of the molecule is Nc1nonc1C(O)Nc1cc(F)ccc1NC1CCC2(CC1)OC(=O)c1ccccc12. The summed E-state index contributed by atoms with van der Waals surface area (Å²) in [6.45, 7) is 0. The fourth-order valence-corrected chi connectivity index (χ4v) is 4.53. The van der Waals surface area contributed by atoms with Gasteiger partial charge in [-0.3, -0.25) is 0 Å². The topological polar surface area (TPSA) is 136 Å². The molecule has 5 N–H and O–H groups in total. The summed E-state index contributed by atoms with van der Waals surface area (Å²) < 4.78 is 24.2. The van der Waals surface area contributed by atoms with Crippen molar-refractivity contribution in [2.75, 3.05) is 16.4 Å². The monoisotopic (exact) mass is 439 g/mol. The van der Waals surface area contributed by atoms with Crippen molar-refractivity contribution in [3.05, 3.63) is 65.1 Å². The van der Waals surface area contributed by atoms with Crippen LogP contribution >= 0.6 is 0 Å². The van der Waals surface area contributed by atoms with E-state index in [0.29, 0.717) is 29.8 Å². The minimum atomic E-state index is -1.33. The fourth-order valence-electron chi connectivity index (χ4n) is 4.53. The standard InChI is InChI=1S/C22H22FN5O4/c23-12-5-6-16(17(11-12)26-20(29)18-19(24)28-32-27-18)25-13-7-9-22(10-8-13)15-4-2-1-3-14(15)21(30)31-22/h1-6,11,13,20,25-26,29H,7-10H2,(H2,24,28). The summed E-state index contributed by atoms with van der Waals surface area (Å²) >= 11 is 0. The van der Waals surface area contributed by atoms with Crippen LogP contribution in [-0.4, -0.2) is 27.4 Å². The first-order valence-electron chi connectivity index (χ1n) is 10.4. The predicted octanol–water partition coefficient (Wildman–Crippen LogP) is 3.31. The van der Waals surface area contributed by atoms with Crippen LogP contribution in [0.1, 0.15) is 53.5 Å². The predicted molar refractivity (Wildman–Crippen MR) is 113 cm³/mol. The molecule has 1 saturated carbocycles. The lowest BCUT2D eigenvalue weighted by atomic mass is 9.77. The number of aliphatic hydroxyl groups excluding tert-OH is 1. The van der Waals surface area contributed by atoms with E-state index in [1.54, 1.807) is 12.1 Å². The van der Waals surface area contributed by atoms with Gasteiger partial charge in [0.1, 0.15) is 11.4 Å². The number of nitrogens with one attached hydrogen (secondary N) is 2. The molecule has 1 fully saturated rings. The summed E-state index contributed by atoms with van der Waals surface area (Å²) in [6, 6.07) is 11.8. The van der Waals surface area contributed by atoms with Gasteiger partial charge in [0.15, 0.2) is 17.7 Å². The molecule has 1 aliphatic carbocycles. The smallest absolute Gasteiger partial charge is 0.339 e. The van der Waals surface area contributed by atoms with Gasteiger partial charge in [-0.1, -0.05) is 18.2 Å². The zero-order valence-electron chi connectivity index (χ0n) is 17.0.